The second-order valence-electron chi connectivity index (χ2n) is 8.61. The molecular weight excluding hydrogens is 406 g/mol. The molecular formula is C24H29N5O3. The number of ether oxygens (including phenoxy) is 1. The minimum absolute atomic E-state index is 0.0137. The van der Waals surface area contributed by atoms with E-state index in [4.69, 9.17) is 9.26 Å². The first-order valence-corrected chi connectivity index (χ1v) is 11.2. The van der Waals surface area contributed by atoms with E-state index >= 15 is 0 Å². The molecule has 4 rings (SSSR count). The SMILES string of the molecule is CCOC(=O)C1CC(NCc2cnc(-c3noc(-c4ccc(CC(C)C)cc4)n3)cn2)C1. The van der Waals surface area contributed by atoms with Crippen LogP contribution < -0.4 is 5.32 Å². The Kier molecular flexibility index (Phi) is 6.90. The van der Waals surface area contributed by atoms with Gasteiger partial charge in [-0.3, -0.25) is 9.78 Å². The fourth-order valence-electron chi connectivity index (χ4n) is 3.75. The van der Waals surface area contributed by atoms with Crippen LogP contribution in [0.15, 0.2) is 41.2 Å². The average molecular weight is 436 g/mol. The van der Waals surface area contributed by atoms with Crippen LogP contribution in [0.2, 0.25) is 0 Å². The van der Waals surface area contributed by atoms with Crippen LogP contribution in [0.25, 0.3) is 23.0 Å². The highest BCUT2D eigenvalue weighted by Gasteiger charge is 2.35. The third kappa shape index (κ3) is 5.37. The van der Waals surface area contributed by atoms with E-state index in [9.17, 15) is 4.79 Å². The van der Waals surface area contributed by atoms with Crippen LogP contribution in [0.4, 0.5) is 0 Å². The molecule has 0 atom stereocenters. The second kappa shape index (κ2) is 9.99. The summed E-state index contributed by atoms with van der Waals surface area (Å²) in [6, 6.07) is 8.50. The second-order valence-corrected chi connectivity index (χ2v) is 8.61. The molecule has 3 aromatic rings. The molecule has 1 saturated carbocycles. The van der Waals surface area contributed by atoms with Crippen molar-refractivity contribution in [2.24, 2.45) is 11.8 Å². The lowest BCUT2D eigenvalue weighted by Gasteiger charge is -2.34. The van der Waals surface area contributed by atoms with Gasteiger partial charge in [-0.05, 0) is 49.8 Å². The summed E-state index contributed by atoms with van der Waals surface area (Å²) in [6.07, 6.45) is 6.00. The Labute approximate surface area is 187 Å². The van der Waals surface area contributed by atoms with E-state index in [0.29, 0.717) is 42.5 Å². The standard InChI is InChI=1S/C24H29N5O3/c1-4-31-24(30)18-10-19(11-18)25-12-20-13-27-21(14-26-20)22-28-23(32-29-22)17-7-5-16(6-8-17)9-15(2)3/h5-8,13-15,18-19,25H,4,9-12H2,1-3H3. The Morgan fingerprint density at radius 1 is 1.19 bits per heavy atom. The quantitative estimate of drug-likeness (QED) is 0.506. The average Bonchev–Trinajstić information content (AvgIpc) is 3.23. The number of carbonyl (C=O) groups is 1. The van der Waals surface area contributed by atoms with Gasteiger partial charge in [-0.2, -0.15) is 4.98 Å². The van der Waals surface area contributed by atoms with Crippen molar-refractivity contribution in [3.05, 3.63) is 47.9 Å². The number of nitrogens with one attached hydrogen (secondary N) is 1. The molecule has 8 nitrogen and oxygen atoms in total. The van der Waals surface area contributed by atoms with Gasteiger partial charge in [0.25, 0.3) is 5.89 Å². The molecule has 1 aromatic carbocycles. The summed E-state index contributed by atoms with van der Waals surface area (Å²) in [5.74, 6) is 1.41. The van der Waals surface area contributed by atoms with Crippen LogP contribution in [-0.4, -0.2) is 38.7 Å². The summed E-state index contributed by atoms with van der Waals surface area (Å²) >= 11 is 0. The molecule has 0 spiro atoms. The minimum atomic E-state index is -0.0966. The molecule has 0 radical (unpaired) electrons. The summed E-state index contributed by atoms with van der Waals surface area (Å²) < 4.78 is 10.5. The van der Waals surface area contributed by atoms with E-state index in [2.05, 4.69) is 51.4 Å². The van der Waals surface area contributed by atoms with E-state index in [1.165, 1.54) is 5.56 Å². The van der Waals surface area contributed by atoms with E-state index in [1.54, 1.807) is 12.4 Å². The number of carbonyl (C=O) groups excluding carboxylic acids is 1. The van der Waals surface area contributed by atoms with Crippen LogP contribution in [0, 0.1) is 11.8 Å². The van der Waals surface area contributed by atoms with Crippen LogP contribution in [-0.2, 0) is 22.5 Å². The minimum Gasteiger partial charge on any atom is -0.466 e. The van der Waals surface area contributed by atoms with Crippen molar-refractivity contribution >= 4 is 5.97 Å². The van der Waals surface area contributed by atoms with Crippen molar-refractivity contribution in [3.8, 4) is 23.0 Å². The molecule has 1 aliphatic carbocycles. The van der Waals surface area contributed by atoms with Gasteiger partial charge in [-0.25, -0.2) is 4.98 Å². The molecule has 0 amide bonds. The zero-order valence-corrected chi connectivity index (χ0v) is 18.7. The molecule has 2 aromatic heterocycles. The van der Waals surface area contributed by atoms with Gasteiger partial charge in [0.1, 0.15) is 5.69 Å². The fourth-order valence-corrected chi connectivity index (χ4v) is 3.75. The predicted octanol–water partition coefficient (Wildman–Crippen LogP) is 3.82. The number of hydrogen-bond donors (Lipinski definition) is 1. The van der Waals surface area contributed by atoms with Gasteiger partial charge in [0.15, 0.2) is 0 Å². The summed E-state index contributed by atoms with van der Waals surface area (Å²) in [5, 5.41) is 7.46. The maximum absolute atomic E-state index is 11.7. The van der Waals surface area contributed by atoms with Crippen LogP contribution in [0.3, 0.4) is 0 Å². The Hall–Kier alpha value is -3.13. The first-order valence-electron chi connectivity index (χ1n) is 11.2. The fraction of sp³-hybridized carbons (Fsp3) is 0.458. The van der Waals surface area contributed by atoms with E-state index in [1.807, 2.05) is 19.1 Å². The molecule has 2 heterocycles. The molecule has 0 aliphatic heterocycles. The van der Waals surface area contributed by atoms with E-state index < -0.39 is 0 Å². The van der Waals surface area contributed by atoms with Gasteiger partial charge in [-0.15, -0.1) is 0 Å². The van der Waals surface area contributed by atoms with Gasteiger partial charge in [0.05, 0.1) is 30.6 Å². The van der Waals surface area contributed by atoms with Crippen molar-refractivity contribution in [3.63, 3.8) is 0 Å². The van der Waals surface area contributed by atoms with Gasteiger partial charge >= 0.3 is 5.97 Å². The van der Waals surface area contributed by atoms with Gasteiger partial charge in [0.2, 0.25) is 5.82 Å². The first-order chi connectivity index (χ1) is 15.5. The van der Waals surface area contributed by atoms with Crippen LogP contribution in [0.1, 0.15) is 44.9 Å². The maximum Gasteiger partial charge on any atom is 0.309 e. The molecule has 168 valence electrons. The predicted molar refractivity (Wildman–Crippen MR) is 119 cm³/mol. The number of nitrogens with zero attached hydrogens (tertiary/aromatic N) is 4. The van der Waals surface area contributed by atoms with Crippen molar-refractivity contribution in [2.75, 3.05) is 6.61 Å². The van der Waals surface area contributed by atoms with Crippen LogP contribution >= 0.6 is 0 Å². The molecule has 8 heteroatoms. The Balaban J connectivity index is 1.30. The molecule has 0 saturated heterocycles. The molecule has 0 bridgehead atoms. The smallest absolute Gasteiger partial charge is 0.309 e. The lowest BCUT2D eigenvalue weighted by atomic mass is 9.80. The number of aromatic nitrogens is 4. The van der Waals surface area contributed by atoms with Crippen molar-refractivity contribution in [2.45, 2.75) is 52.6 Å². The highest BCUT2D eigenvalue weighted by molar-refractivity contribution is 5.73. The summed E-state index contributed by atoms with van der Waals surface area (Å²) in [7, 11) is 0. The summed E-state index contributed by atoms with van der Waals surface area (Å²) in [6.45, 7) is 7.26. The van der Waals surface area contributed by atoms with Gasteiger partial charge in [0, 0.05) is 18.2 Å². The number of hydrogen-bond acceptors (Lipinski definition) is 8. The number of esters is 1. The van der Waals surface area contributed by atoms with E-state index in [0.717, 1.165) is 30.5 Å². The highest BCUT2D eigenvalue weighted by Crippen LogP contribution is 2.28. The zero-order valence-electron chi connectivity index (χ0n) is 18.7. The summed E-state index contributed by atoms with van der Waals surface area (Å²) in [4.78, 5) is 25.0. The topological polar surface area (TPSA) is 103 Å². The third-order valence-corrected chi connectivity index (χ3v) is 5.54. The molecule has 0 unspecified atom stereocenters. The van der Waals surface area contributed by atoms with E-state index in [-0.39, 0.29) is 11.9 Å². The molecule has 1 N–H and O–H groups in total. The largest absolute Gasteiger partial charge is 0.466 e. The maximum atomic E-state index is 11.7. The third-order valence-electron chi connectivity index (χ3n) is 5.54. The van der Waals surface area contributed by atoms with Gasteiger partial charge in [-0.1, -0.05) is 31.1 Å². The lowest BCUT2D eigenvalue weighted by Crippen LogP contribution is -2.44. The highest BCUT2D eigenvalue weighted by atomic mass is 16.5. The summed E-state index contributed by atoms with van der Waals surface area (Å²) in [5.41, 5.74) is 3.55. The number of benzene rings is 1. The van der Waals surface area contributed by atoms with Crippen molar-refractivity contribution in [1.82, 2.24) is 25.4 Å². The Morgan fingerprint density at radius 2 is 1.97 bits per heavy atom. The monoisotopic (exact) mass is 435 g/mol. The molecule has 32 heavy (non-hydrogen) atoms. The van der Waals surface area contributed by atoms with Crippen LogP contribution in [0.5, 0.6) is 0 Å². The zero-order chi connectivity index (χ0) is 22.5. The number of rotatable bonds is 9. The normalized spacial score (nSPS) is 17.9. The first kappa shape index (κ1) is 22.1. The Bertz CT molecular complexity index is 1020. The lowest BCUT2D eigenvalue weighted by molar-refractivity contribution is -0.151. The molecule has 1 aliphatic rings. The molecule has 1 fully saturated rings. The Morgan fingerprint density at radius 3 is 2.62 bits per heavy atom. The van der Waals surface area contributed by atoms with Crippen molar-refractivity contribution in [1.29, 1.82) is 0 Å². The van der Waals surface area contributed by atoms with Gasteiger partial charge < -0.3 is 14.6 Å². The van der Waals surface area contributed by atoms with Crippen molar-refractivity contribution < 1.29 is 14.1 Å².